The number of fused-ring (bicyclic) bond motifs is 1. The van der Waals surface area contributed by atoms with Crippen molar-refractivity contribution in [3.63, 3.8) is 0 Å². The summed E-state index contributed by atoms with van der Waals surface area (Å²) in [5, 5.41) is 9.41. The van der Waals surface area contributed by atoms with Crippen molar-refractivity contribution in [1.29, 1.82) is 0 Å². The third kappa shape index (κ3) is 5.48. The lowest BCUT2D eigenvalue weighted by atomic mass is 9.70. The van der Waals surface area contributed by atoms with Crippen LogP contribution in [0.3, 0.4) is 0 Å². The molecule has 0 aliphatic carbocycles. The lowest BCUT2D eigenvalue weighted by Crippen LogP contribution is -2.58. The maximum absolute atomic E-state index is 14.4. The van der Waals surface area contributed by atoms with Crippen LogP contribution in [0.25, 0.3) is 0 Å². The van der Waals surface area contributed by atoms with Crippen LogP contribution in [0, 0.1) is 11.8 Å². The summed E-state index contributed by atoms with van der Waals surface area (Å²) < 4.78 is 6.65. The predicted octanol–water partition coefficient (Wildman–Crippen LogP) is 3.55. The number of aliphatic hydroxyl groups is 1. The van der Waals surface area contributed by atoms with Gasteiger partial charge in [0, 0.05) is 38.8 Å². The molecule has 6 atom stereocenters. The van der Waals surface area contributed by atoms with Crippen LogP contribution in [0.1, 0.15) is 57.9 Å². The zero-order valence-corrected chi connectivity index (χ0v) is 24.0. The molecule has 1 aromatic rings. The smallest absolute Gasteiger partial charge is 0.248 e. The van der Waals surface area contributed by atoms with E-state index in [1.54, 1.807) is 22.0 Å². The van der Waals surface area contributed by atoms with E-state index in [9.17, 15) is 19.5 Å². The predicted molar refractivity (Wildman–Crippen MR) is 154 cm³/mol. The van der Waals surface area contributed by atoms with E-state index in [2.05, 4.69) is 20.1 Å². The summed E-state index contributed by atoms with van der Waals surface area (Å²) in [5.41, 5.74) is -0.0334. The molecule has 0 aromatic heterocycles. The Kier molecular flexibility index (Phi) is 9.85. The Morgan fingerprint density at radius 2 is 1.90 bits per heavy atom. The molecule has 0 saturated carbocycles. The molecule has 3 fully saturated rings. The van der Waals surface area contributed by atoms with E-state index in [1.165, 1.54) is 0 Å². The number of hydrogen-bond acceptors (Lipinski definition) is 5. The molecule has 1 spiro atoms. The quantitative estimate of drug-likeness (QED) is 0.266. The Hall–Kier alpha value is -2.97. The van der Waals surface area contributed by atoms with Crippen molar-refractivity contribution in [2.75, 3.05) is 26.2 Å². The van der Waals surface area contributed by atoms with E-state index in [-0.39, 0.29) is 30.4 Å². The molecule has 3 saturated heterocycles. The fourth-order valence-corrected chi connectivity index (χ4v) is 7.11. The molecule has 4 rings (SSSR count). The van der Waals surface area contributed by atoms with Crippen molar-refractivity contribution in [3.05, 3.63) is 61.2 Å². The van der Waals surface area contributed by atoms with Crippen LogP contribution in [-0.4, -0.2) is 87.6 Å². The lowest BCUT2D eigenvalue weighted by molar-refractivity contribution is -0.150. The number of hydrogen-bond donors (Lipinski definition) is 1. The van der Waals surface area contributed by atoms with Gasteiger partial charge in [-0.2, -0.15) is 0 Å². The fraction of sp³-hybridized carbons (Fsp3) is 0.594. The van der Waals surface area contributed by atoms with Crippen LogP contribution in [0.4, 0.5) is 0 Å². The molecule has 218 valence electrons. The zero-order valence-electron chi connectivity index (χ0n) is 24.0. The van der Waals surface area contributed by atoms with Crippen LogP contribution in [-0.2, 0) is 25.7 Å². The van der Waals surface area contributed by atoms with E-state index in [0.717, 1.165) is 18.4 Å². The first-order valence-corrected chi connectivity index (χ1v) is 14.8. The summed E-state index contributed by atoms with van der Waals surface area (Å²) in [6.07, 6.45) is 7.08. The molecule has 8 heteroatoms. The van der Waals surface area contributed by atoms with E-state index in [1.807, 2.05) is 42.2 Å². The number of carbonyl (C=O) groups excluding carboxylic acids is 3. The van der Waals surface area contributed by atoms with Crippen LogP contribution in [0.2, 0.25) is 0 Å². The first kappa shape index (κ1) is 30.0. The Labute approximate surface area is 238 Å². The summed E-state index contributed by atoms with van der Waals surface area (Å²) in [4.78, 5) is 48.0. The summed E-state index contributed by atoms with van der Waals surface area (Å²) in [7, 11) is 0. The van der Waals surface area contributed by atoms with Gasteiger partial charge in [-0.05, 0) is 44.6 Å². The van der Waals surface area contributed by atoms with Crippen LogP contribution in [0.5, 0.6) is 0 Å². The Bertz CT molecular complexity index is 1080. The monoisotopic (exact) mass is 551 g/mol. The highest BCUT2D eigenvalue weighted by atomic mass is 16.5. The molecule has 3 unspecified atom stereocenters. The second-order valence-electron chi connectivity index (χ2n) is 11.4. The number of benzene rings is 1. The highest BCUT2D eigenvalue weighted by Gasteiger charge is 2.74. The van der Waals surface area contributed by atoms with Crippen molar-refractivity contribution < 1.29 is 24.2 Å². The topological polar surface area (TPSA) is 90.4 Å². The van der Waals surface area contributed by atoms with Crippen molar-refractivity contribution in [2.24, 2.45) is 11.8 Å². The first-order valence-electron chi connectivity index (χ1n) is 14.8. The molecule has 1 N–H and O–H groups in total. The van der Waals surface area contributed by atoms with Gasteiger partial charge in [0.25, 0.3) is 0 Å². The average Bonchev–Trinajstić information content (AvgIpc) is 3.59. The summed E-state index contributed by atoms with van der Waals surface area (Å²) in [6.45, 7) is 13.4. The molecule has 3 heterocycles. The SMILES string of the molecule is C=CCN(Cc1ccccc1)C(=O)[C@@H]1[C@H]2C(=O)N(CCCCO)C(C(=O)N(CC=C)C(C)CCC)C23CC[C@H]1O3. The highest BCUT2D eigenvalue weighted by Crippen LogP contribution is 2.59. The van der Waals surface area contributed by atoms with Gasteiger partial charge in [0.05, 0.1) is 17.9 Å². The van der Waals surface area contributed by atoms with Crippen molar-refractivity contribution in [1.82, 2.24) is 14.7 Å². The third-order valence-electron chi connectivity index (χ3n) is 8.85. The normalized spacial score (nSPS) is 27.4. The molecule has 3 amide bonds. The Morgan fingerprint density at radius 1 is 1.18 bits per heavy atom. The Morgan fingerprint density at radius 3 is 2.55 bits per heavy atom. The standard InChI is InChI=1S/C32H45N3O5/c1-5-13-23(4)34(19-7-3)31(39)28-32-17-16-25(40-32)26(27(32)30(38)35(28)20-11-12-21-36)29(37)33(18-6-2)22-24-14-9-8-10-15-24/h6-10,14-15,23,25-28,36H,2-3,5,11-13,16-22H2,1,4H3/t23?,25-,26+,27+,28?,32?/m1/s1. The van der Waals surface area contributed by atoms with Gasteiger partial charge >= 0.3 is 0 Å². The van der Waals surface area contributed by atoms with Gasteiger partial charge in [-0.15, -0.1) is 13.2 Å². The molecule has 3 aliphatic heterocycles. The average molecular weight is 552 g/mol. The number of likely N-dealkylation sites (tertiary alicyclic amines) is 1. The van der Waals surface area contributed by atoms with Crippen LogP contribution >= 0.6 is 0 Å². The maximum atomic E-state index is 14.4. The van der Waals surface area contributed by atoms with Gasteiger partial charge in [0.15, 0.2) is 0 Å². The van der Waals surface area contributed by atoms with E-state index in [0.29, 0.717) is 51.9 Å². The molecule has 40 heavy (non-hydrogen) atoms. The van der Waals surface area contributed by atoms with E-state index >= 15 is 0 Å². The van der Waals surface area contributed by atoms with Gasteiger partial charge in [-0.25, -0.2) is 0 Å². The molecule has 2 bridgehead atoms. The largest absolute Gasteiger partial charge is 0.396 e. The number of amides is 3. The zero-order chi connectivity index (χ0) is 28.9. The second kappa shape index (κ2) is 13.1. The first-order chi connectivity index (χ1) is 19.3. The molecule has 1 aromatic carbocycles. The van der Waals surface area contributed by atoms with Gasteiger partial charge in [-0.3, -0.25) is 14.4 Å². The summed E-state index contributed by atoms with van der Waals surface area (Å²) >= 11 is 0. The van der Waals surface area contributed by atoms with Crippen molar-refractivity contribution in [3.8, 4) is 0 Å². The number of unbranched alkanes of at least 4 members (excludes halogenated alkanes) is 1. The maximum Gasteiger partial charge on any atom is 0.248 e. The number of rotatable bonds is 15. The summed E-state index contributed by atoms with van der Waals surface area (Å²) in [5.74, 6) is -1.81. The number of ether oxygens (including phenoxy) is 1. The molecule has 3 aliphatic rings. The minimum absolute atomic E-state index is 0.0149. The lowest BCUT2D eigenvalue weighted by Gasteiger charge is -2.39. The highest BCUT2D eigenvalue weighted by molar-refractivity contribution is 5.99. The minimum Gasteiger partial charge on any atom is -0.396 e. The Balaban J connectivity index is 1.69. The van der Waals surface area contributed by atoms with Gasteiger partial charge in [0.1, 0.15) is 11.6 Å². The molecule has 0 radical (unpaired) electrons. The van der Waals surface area contributed by atoms with E-state index in [4.69, 9.17) is 4.74 Å². The van der Waals surface area contributed by atoms with Crippen molar-refractivity contribution >= 4 is 17.7 Å². The van der Waals surface area contributed by atoms with Crippen LogP contribution in [0.15, 0.2) is 55.6 Å². The molecular weight excluding hydrogens is 506 g/mol. The number of aliphatic hydroxyl groups excluding tert-OH is 1. The second-order valence-corrected chi connectivity index (χ2v) is 11.4. The number of nitrogens with zero attached hydrogens (tertiary/aromatic N) is 3. The molecule has 8 nitrogen and oxygen atoms in total. The van der Waals surface area contributed by atoms with Gasteiger partial charge < -0.3 is 24.5 Å². The fourth-order valence-electron chi connectivity index (χ4n) is 7.11. The minimum atomic E-state index is -1.03. The number of carbonyl (C=O) groups is 3. The van der Waals surface area contributed by atoms with Crippen LogP contribution < -0.4 is 0 Å². The molecular formula is C32H45N3O5. The van der Waals surface area contributed by atoms with Gasteiger partial charge in [-0.1, -0.05) is 55.8 Å². The van der Waals surface area contributed by atoms with E-state index < -0.39 is 29.6 Å². The third-order valence-corrected chi connectivity index (χ3v) is 8.85. The summed E-state index contributed by atoms with van der Waals surface area (Å²) in [6, 6.07) is 8.96. The van der Waals surface area contributed by atoms with Crippen molar-refractivity contribution in [2.45, 2.75) is 82.7 Å². The van der Waals surface area contributed by atoms with Gasteiger partial charge in [0.2, 0.25) is 17.7 Å².